The summed E-state index contributed by atoms with van der Waals surface area (Å²) in [4.78, 5) is 39.7. The number of hydrogen-bond donors (Lipinski definition) is 2. The molecule has 1 atom stereocenters. The average molecular weight is 421 g/mol. The number of para-hydroxylation sites is 1. The van der Waals surface area contributed by atoms with E-state index in [9.17, 15) is 14.4 Å². The van der Waals surface area contributed by atoms with E-state index in [0.717, 1.165) is 22.9 Å². The number of Topliss-reactive ketones (excluding diaryl/α,β-unsaturated/α-hetero) is 1. The number of carbonyl (C=O) groups excluding carboxylic acids is 3. The van der Waals surface area contributed by atoms with Gasteiger partial charge in [-0.2, -0.15) is 0 Å². The number of benzene rings is 2. The van der Waals surface area contributed by atoms with E-state index in [1.54, 1.807) is 31.2 Å². The number of H-pyrrole nitrogens is 1. The van der Waals surface area contributed by atoms with Crippen LogP contribution >= 0.6 is 0 Å². The minimum Gasteiger partial charge on any atom is -0.454 e. The van der Waals surface area contributed by atoms with Crippen molar-refractivity contribution in [1.29, 1.82) is 0 Å². The smallest absolute Gasteiger partial charge is 0.306 e. The lowest BCUT2D eigenvalue weighted by Gasteiger charge is -2.13. The van der Waals surface area contributed by atoms with Crippen molar-refractivity contribution in [2.45, 2.75) is 46.1 Å². The Balaban J connectivity index is 1.47. The molecule has 6 nitrogen and oxygen atoms in total. The van der Waals surface area contributed by atoms with Gasteiger partial charge in [0.05, 0.1) is 0 Å². The summed E-state index contributed by atoms with van der Waals surface area (Å²) in [5, 5.41) is 3.94. The van der Waals surface area contributed by atoms with Gasteiger partial charge in [-0.25, -0.2) is 0 Å². The van der Waals surface area contributed by atoms with Crippen LogP contribution in [0.4, 0.5) is 5.69 Å². The molecular formula is C25H28N2O4. The monoisotopic (exact) mass is 420 g/mol. The van der Waals surface area contributed by atoms with Crippen molar-refractivity contribution in [3.8, 4) is 0 Å². The molecule has 0 spiro atoms. The highest BCUT2D eigenvalue weighted by Gasteiger charge is 2.19. The normalized spacial score (nSPS) is 12.0. The van der Waals surface area contributed by atoms with Gasteiger partial charge in [0.15, 0.2) is 6.10 Å². The molecule has 6 heteroatoms. The van der Waals surface area contributed by atoms with E-state index in [2.05, 4.69) is 16.4 Å². The molecule has 3 aromatic rings. The number of hydrogen-bond acceptors (Lipinski definition) is 4. The number of anilines is 1. The van der Waals surface area contributed by atoms with Crippen molar-refractivity contribution < 1.29 is 19.1 Å². The molecule has 162 valence electrons. The fraction of sp³-hybridized carbons (Fsp3) is 0.320. The van der Waals surface area contributed by atoms with Crippen molar-refractivity contribution >= 4 is 34.3 Å². The minimum absolute atomic E-state index is 0.0889. The van der Waals surface area contributed by atoms with Crippen LogP contribution in [-0.2, 0) is 20.7 Å². The van der Waals surface area contributed by atoms with Gasteiger partial charge in [0.2, 0.25) is 11.7 Å². The Bertz CT molecular complexity index is 1070. The lowest BCUT2D eigenvalue weighted by Crippen LogP contribution is -2.24. The molecule has 0 aliphatic heterocycles. The first kappa shape index (κ1) is 22.3. The molecule has 3 rings (SSSR count). The largest absolute Gasteiger partial charge is 0.454 e. The Morgan fingerprint density at radius 1 is 1.00 bits per heavy atom. The zero-order valence-corrected chi connectivity index (χ0v) is 18.1. The first-order chi connectivity index (χ1) is 14.8. The molecule has 2 aromatic carbocycles. The number of aromatic nitrogens is 1. The third-order valence-electron chi connectivity index (χ3n) is 5.14. The summed E-state index contributed by atoms with van der Waals surface area (Å²) in [5.74, 6) is -0.876. The number of rotatable bonds is 9. The second-order valence-electron chi connectivity index (χ2n) is 7.93. The van der Waals surface area contributed by atoms with Crippen LogP contribution < -0.4 is 5.32 Å². The van der Waals surface area contributed by atoms with Gasteiger partial charge >= 0.3 is 5.97 Å². The number of aryl methyl sites for hydroxylation is 1. The van der Waals surface area contributed by atoms with Crippen LogP contribution in [0.2, 0.25) is 0 Å². The number of esters is 1. The summed E-state index contributed by atoms with van der Waals surface area (Å²) in [6, 6.07) is 14.6. The Labute approximate surface area is 182 Å². The molecule has 1 amide bonds. The quantitative estimate of drug-likeness (QED) is 0.381. The number of carbonyl (C=O) groups is 3. The van der Waals surface area contributed by atoms with Crippen LogP contribution in [0.3, 0.4) is 0 Å². The highest BCUT2D eigenvalue weighted by molar-refractivity contribution is 6.01. The van der Waals surface area contributed by atoms with Crippen molar-refractivity contribution in [3.05, 3.63) is 65.9 Å². The number of aromatic amines is 1. The molecule has 0 bridgehead atoms. The maximum atomic E-state index is 12.6. The fourth-order valence-electron chi connectivity index (χ4n) is 3.31. The average Bonchev–Trinajstić information content (AvgIpc) is 3.17. The van der Waals surface area contributed by atoms with Gasteiger partial charge in [-0.05, 0) is 55.7 Å². The van der Waals surface area contributed by atoms with E-state index >= 15 is 0 Å². The third-order valence-corrected chi connectivity index (χ3v) is 5.14. The van der Waals surface area contributed by atoms with Crippen LogP contribution in [0.25, 0.3) is 10.9 Å². The molecule has 0 saturated heterocycles. The highest BCUT2D eigenvalue weighted by atomic mass is 16.5. The highest BCUT2D eigenvalue weighted by Crippen LogP contribution is 2.20. The summed E-state index contributed by atoms with van der Waals surface area (Å²) >= 11 is 0. The second kappa shape index (κ2) is 10.1. The first-order valence-electron chi connectivity index (χ1n) is 10.5. The molecular weight excluding hydrogens is 392 g/mol. The molecule has 0 fully saturated rings. The van der Waals surface area contributed by atoms with Gasteiger partial charge in [0.25, 0.3) is 0 Å². The predicted molar refractivity (Wildman–Crippen MR) is 121 cm³/mol. The Morgan fingerprint density at radius 2 is 1.71 bits per heavy atom. The number of ketones is 1. The van der Waals surface area contributed by atoms with E-state index in [4.69, 9.17) is 4.74 Å². The van der Waals surface area contributed by atoms with Gasteiger partial charge in [0.1, 0.15) is 0 Å². The third kappa shape index (κ3) is 5.81. The van der Waals surface area contributed by atoms with Gasteiger partial charge < -0.3 is 15.0 Å². The summed E-state index contributed by atoms with van der Waals surface area (Å²) in [5.41, 5.74) is 3.30. The number of fused-ring (bicyclic) bond motifs is 1. The van der Waals surface area contributed by atoms with Gasteiger partial charge in [-0.1, -0.05) is 32.0 Å². The zero-order chi connectivity index (χ0) is 22.4. The Kier molecular flexibility index (Phi) is 7.23. The fourth-order valence-corrected chi connectivity index (χ4v) is 3.31. The van der Waals surface area contributed by atoms with Crippen LogP contribution in [0.15, 0.2) is 54.7 Å². The van der Waals surface area contributed by atoms with Crippen molar-refractivity contribution in [1.82, 2.24) is 4.98 Å². The maximum Gasteiger partial charge on any atom is 0.306 e. The maximum absolute atomic E-state index is 12.6. The van der Waals surface area contributed by atoms with E-state index in [1.165, 1.54) is 0 Å². The molecule has 2 N–H and O–H groups in total. The minimum atomic E-state index is -0.864. The molecule has 1 unspecified atom stereocenters. The van der Waals surface area contributed by atoms with Crippen LogP contribution in [0, 0.1) is 5.92 Å². The zero-order valence-electron chi connectivity index (χ0n) is 18.1. The summed E-state index contributed by atoms with van der Waals surface area (Å²) in [7, 11) is 0. The SMILES string of the molecule is CC(C)C(=O)Nc1ccc(C(=O)C(C)OC(=O)CCCc2c[nH]c3ccccc23)cc1. The van der Waals surface area contributed by atoms with E-state index in [-0.39, 0.29) is 30.0 Å². The number of amides is 1. The second-order valence-corrected chi connectivity index (χ2v) is 7.93. The lowest BCUT2D eigenvalue weighted by atomic mass is 10.1. The van der Waals surface area contributed by atoms with Gasteiger partial charge in [-0.3, -0.25) is 14.4 Å². The summed E-state index contributed by atoms with van der Waals surface area (Å²) in [6.45, 7) is 5.20. The Morgan fingerprint density at radius 3 is 2.42 bits per heavy atom. The van der Waals surface area contributed by atoms with Crippen LogP contribution in [0.5, 0.6) is 0 Å². The summed E-state index contributed by atoms with van der Waals surface area (Å²) in [6.07, 6.45) is 2.75. The number of ether oxygens (including phenoxy) is 1. The van der Waals surface area contributed by atoms with Gasteiger partial charge in [-0.15, -0.1) is 0 Å². The standard InChI is InChI=1S/C25H28N2O4/c1-16(2)25(30)27-20-13-11-18(12-14-20)24(29)17(3)31-23(28)10-6-7-19-15-26-22-9-5-4-8-21(19)22/h4-5,8-9,11-17,26H,6-7,10H2,1-3H3,(H,27,30). The molecule has 0 aliphatic carbocycles. The van der Waals surface area contributed by atoms with Crippen molar-refractivity contribution in [2.24, 2.45) is 5.92 Å². The topological polar surface area (TPSA) is 88.3 Å². The van der Waals surface area contributed by atoms with E-state index in [1.807, 2.05) is 38.2 Å². The molecule has 0 saturated carbocycles. The Hall–Kier alpha value is -3.41. The number of nitrogens with one attached hydrogen (secondary N) is 2. The lowest BCUT2D eigenvalue weighted by molar-refractivity contribution is -0.146. The van der Waals surface area contributed by atoms with Crippen LogP contribution in [0.1, 0.15) is 49.5 Å². The molecule has 31 heavy (non-hydrogen) atoms. The van der Waals surface area contributed by atoms with Crippen molar-refractivity contribution in [2.75, 3.05) is 5.32 Å². The van der Waals surface area contributed by atoms with E-state index < -0.39 is 6.10 Å². The molecule has 1 aromatic heterocycles. The first-order valence-corrected chi connectivity index (χ1v) is 10.5. The van der Waals surface area contributed by atoms with E-state index in [0.29, 0.717) is 17.7 Å². The molecule has 0 aliphatic rings. The molecule has 1 heterocycles. The van der Waals surface area contributed by atoms with Crippen molar-refractivity contribution in [3.63, 3.8) is 0 Å². The van der Waals surface area contributed by atoms with Crippen LogP contribution in [-0.4, -0.2) is 28.7 Å². The predicted octanol–water partition coefficient (Wildman–Crippen LogP) is 4.90. The molecule has 0 radical (unpaired) electrons. The summed E-state index contributed by atoms with van der Waals surface area (Å²) < 4.78 is 5.33. The van der Waals surface area contributed by atoms with Gasteiger partial charge in [0, 0.05) is 40.7 Å².